The van der Waals surface area contributed by atoms with Crippen LogP contribution >= 0.6 is 12.6 Å². The van der Waals surface area contributed by atoms with Gasteiger partial charge in [0.15, 0.2) is 5.58 Å². The molecule has 2 aromatic rings. The first-order valence-electron chi connectivity index (χ1n) is 4.02. The van der Waals surface area contributed by atoms with Crippen molar-refractivity contribution in [2.45, 2.75) is 11.8 Å². The molecule has 0 spiro atoms. The van der Waals surface area contributed by atoms with Gasteiger partial charge < -0.3 is 9.15 Å². The topological polar surface area (TPSA) is 35.3 Å². The van der Waals surface area contributed by atoms with Crippen LogP contribution in [0, 0.1) is 0 Å². The Morgan fingerprint density at radius 3 is 3.08 bits per heavy atom. The zero-order valence-electron chi connectivity index (χ0n) is 7.15. The number of hydrogen-bond donors (Lipinski definition) is 1. The van der Waals surface area contributed by atoms with Crippen LogP contribution in [0.25, 0.3) is 11.1 Å². The maximum absolute atomic E-state index is 5.31. The summed E-state index contributed by atoms with van der Waals surface area (Å²) in [5, 5.41) is 0. The Hall–Kier alpha value is -1.16. The van der Waals surface area contributed by atoms with Crippen molar-refractivity contribution in [2.75, 3.05) is 6.61 Å². The highest BCUT2D eigenvalue weighted by atomic mass is 32.1. The molecule has 13 heavy (non-hydrogen) atoms. The molecule has 0 bridgehead atoms. The Labute approximate surface area is 81.1 Å². The van der Waals surface area contributed by atoms with Crippen molar-refractivity contribution in [3.8, 4) is 6.08 Å². The molecule has 0 fully saturated rings. The zero-order chi connectivity index (χ0) is 9.26. The minimum Gasteiger partial charge on any atom is -0.450 e. The summed E-state index contributed by atoms with van der Waals surface area (Å²) in [5.41, 5.74) is 1.45. The molecular formula is C9H9NO2S. The van der Waals surface area contributed by atoms with Crippen molar-refractivity contribution in [3.05, 3.63) is 18.2 Å². The van der Waals surface area contributed by atoms with E-state index in [1.54, 1.807) is 0 Å². The lowest BCUT2D eigenvalue weighted by Gasteiger charge is -1.91. The largest absolute Gasteiger partial charge is 0.450 e. The maximum atomic E-state index is 5.31. The molecule has 1 heterocycles. The number of hydrogen-bond acceptors (Lipinski definition) is 4. The number of nitrogens with zero attached hydrogens (tertiary/aromatic N) is 1. The lowest BCUT2D eigenvalue weighted by Crippen LogP contribution is -1.90. The quantitative estimate of drug-likeness (QED) is 0.748. The predicted molar refractivity (Wildman–Crippen MR) is 52.4 cm³/mol. The van der Waals surface area contributed by atoms with Crippen LogP contribution < -0.4 is 4.74 Å². The molecular weight excluding hydrogens is 186 g/mol. The normalized spacial score (nSPS) is 10.6. The number of rotatable bonds is 2. The summed E-state index contributed by atoms with van der Waals surface area (Å²) in [4.78, 5) is 4.94. The van der Waals surface area contributed by atoms with E-state index in [1.807, 2.05) is 25.1 Å². The SMILES string of the molecule is CCOc1nc2c(S)cccc2o1. The molecule has 0 atom stereocenters. The van der Waals surface area contributed by atoms with E-state index < -0.39 is 0 Å². The molecule has 0 amide bonds. The predicted octanol–water partition coefficient (Wildman–Crippen LogP) is 2.52. The minimum absolute atomic E-state index is 0.305. The minimum atomic E-state index is 0.305. The Kier molecular flexibility index (Phi) is 2.14. The first-order valence-corrected chi connectivity index (χ1v) is 4.47. The third kappa shape index (κ3) is 1.49. The van der Waals surface area contributed by atoms with Gasteiger partial charge in [0.05, 0.1) is 6.61 Å². The van der Waals surface area contributed by atoms with Gasteiger partial charge in [0.25, 0.3) is 0 Å². The summed E-state index contributed by atoms with van der Waals surface area (Å²) in [6.07, 6.45) is 0.305. The van der Waals surface area contributed by atoms with Gasteiger partial charge in [0, 0.05) is 4.90 Å². The van der Waals surface area contributed by atoms with Gasteiger partial charge in [-0.1, -0.05) is 6.07 Å². The fourth-order valence-corrected chi connectivity index (χ4v) is 1.35. The fourth-order valence-electron chi connectivity index (χ4n) is 1.10. The van der Waals surface area contributed by atoms with Crippen LogP contribution in [0.15, 0.2) is 27.5 Å². The van der Waals surface area contributed by atoms with Gasteiger partial charge in [-0.3, -0.25) is 0 Å². The zero-order valence-corrected chi connectivity index (χ0v) is 8.04. The summed E-state index contributed by atoms with van der Waals surface area (Å²) in [7, 11) is 0. The lowest BCUT2D eigenvalue weighted by molar-refractivity contribution is 0.251. The third-order valence-corrected chi connectivity index (χ3v) is 2.01. The van der Waals surface area contributed by atoms with E-state index in [2.05, 4.69) is 17.6 Å². The van der Waals surface area contributed by atoms with Crippen molar-refractivity contribution < 1.29 is 9.15 Å². The van der Waals surface area contributed by atoms with Gasteiger partial charge in [-0.05, 0) is 19.1 Å². The molecule has 4 heteroatoms. The monoisotopic (exact) mass is 195 g/mol. The molecule has 0 aliphatic heterocycles. The third-order valence-electron chi connectivity index (χ3n) is 1.65. The van der Waals surface area contributed by atoms with E-state index in [9.17, 15) is 0 Å². The van der Waals surface area contributed by atoms with Crippen LogP contribution in [0.5, 0.6) is 6.08 Å². The number of ether oxygens (including phenoxy) is 1. The van der Waals surface area contributed by atoms with Gasteiger partial charge >= 0.3 is 6.08 Å². The second kappa shape index (κ2) is 3.30. The highest BCUT2D eigenvalue weighted by Crippen LogP contribution is 2.25. The van der Waals surface area contributed by atoms with E-state index in [-0.39, 0.29) is 0 Å². The molecule has 0 saturated carbocycles. The van der Waals surface area contributed by atoms with Crippen molar-refractivity contribution in [1.29, 1.82) is 0 Å². The number of thiol groups is 1. The number of benzene rings is 1. The first kappa shape index (κ1) is 8.44. The van der Waals surface area contributed by atoms with Crippen LogP contribution in [0.4, 0.5) is 0 Å². The van der Waals surface area contributed by atoms with Gasteiger partial charge in [-0.25, -0.2) is 0 Å². The Morgan fingerprint density at radius 1 is 1.54 bits per heavy atom. The Morgan fingerprint density at radius 2 is 2.38 bits per heavy atom. The molecule has 0 radical (unpaired) electrons. The lowest BCUT2D eigenvalue weighted by atomic mass is 10.3. The van der Waals surface area contributed by atoms with Crippen molar-refractivity contribution in [1.82, 2.24) is 4.98 Å². The molecule has 0 N–H and O–H groups in total. The molecule has 0 aliphatic carbocycles. The number of fused-ring (bicyclic) bond motifs is 1. The molecule has 1 aromatic heterocycles. The van der Waals surface area contributed by atoms with Crippen molar-refractivity contribution in [3.63, 3.8) is 0 Å². The van der Waals surface area contributed by atoms with E-state index >= 15 is 0 Å². The van der Waals surface area contributed by atoms with Gasteiger partial charge in [0.2, 0.25) is 0 Å². The molecule has 0 unspecified atom stereocenters. The Balaban J connectivity index is 2.55. The highest BCUT2D eigenvalue weighted by molar-refractivity contribution is 7.80. The number of aromatic nitrogens is 1. The summed E-state index contributed by atoms with van der Waals surface area (Å²) >= 11 is 4.25. The van der Waals surface area contributed by atoms with Crippen LogP contribution in [-0.4, -0.2) is 11.6 Å². The summed E-state index contributed by atoms with van der Waals surface area (Å²) < 4.78 is 10.4. The first-order chi connectivity index (χ1) is 6.31. The molecule has 1 aromatic carbocycles. The van der Waals surface area contributed by atoms with Crippen LogP contribution in [0.1, 0.15) is 6.92 Å². The molecule has 0 saturated heterocycles. The van der Waals surface area contributed by atoms with E-state index in [0.29, 0.717) is 18.3 Å². The van der Waals surface area contributed by atoms with Crippen molar-refractivity contribution in [2.24, 2.45) is 0 Å². The average molecular weight is 195 g/mol. The van der Waals surface area contributed by atoms with Gasteiger partial charge in [-0.2, -0.15) is 4.98 Å². The number of oxazole rings is 1. The second-order valence-corrected chi connectivity index (χ2v) is 3.02. The molecule has 68 valence electrons. The average Bonchev–Trinajstić information content (AvgIpc) is 2.49. The molecule has 2 rings (SSSR count). The summed E-state index contributed by atoms with van der Waals surface area (Å²) in [6, 6.07) is 5.57. The van der Waals surface area contributed by atoms with E-state index in [4.69, 9.17) is 9.15 Å². The van der Waals surface area contributed by atoms with E-state index in [1.165, 1.54) is 0 Å². The van der Waals surface area contributed by atoms with Crippen LogP contribution in [-0.2, 0) is 0 Å². The molecule has 0 aliphatic rings. The number of para-hydroxylation sites is 1. The van der Waals surface area contributed by atoms with Gasteiger partial charge in [0.1, 0.15) is 5.52 Å². The summed E-state index contributed by atoms with van der Waals surface area (Å²) in [5.74, 6) is 0. The van der Waals surface area contributed by atoms with Gasteiger partial charge in [-0.15, -0.1) is 12.6 Å². The van der Waals surface area contributed by atoms with E-state index in [0.717, 1.165) is 10.4 Å². The Bertz CT molecular complexity index is 424. The standard InChI is InChI=1S/C9H9NO2S/c1-2-11-9-10-8-6(12-9)4-3-5-7(8)13/h3-5,13H,2H2,1H3. The second-order valence-electron chi connectivity index (χ2n) is 2.54. The molecule has 3 nitrogen and oxygen atoms in total. The highest BCUT2D eigenvalue weighted by Gasteiger charge is 2.07. The fraction of sp³-hybridized carbons (Fsp3) is 0.222. The summed E-state index contributed by atoms with van der Waals surface area (Å²) in [6.45, 7) is 2.44. The smallest absolute Gasteiger partial charge is 0.394 e. The van der Waals surface area contributed by atoms with Crippen LogP contribution in [0.2, 0.25) is 0 Å². The van der Waals surface area contributed by atoms with Crippen LogP contribution in [0.3, 0.4) is 0 Å². The maximum Gasteiger partial charge on any atom is 0.394 e. The van der Waals surface area contributed by atoms with Crippen molar-refractivity contribution >= 4 is 23.7 Å².